The molecule has 0 fully saturated rings. The molecular weight excluding hydrogens is 200 g/mol. The number of ketones is 1. The summed E-state index contributed by atoms with van der Waals surface area (Å²) >= 11 is 0. The molecule has 1 heterocycles. The van der Waals surface area contributed by atoms with Gasteiger partial charge < -0.3 is 5.01 Å². The van der Waals surface area contributed by atoms with Crippen molar-refractivity contribution in [3.8, 4) is 0 Å². The Morgan fingerprint density at radius 2 is 2.19 bits per heavy atom. The van der Waals surface area contributed by atoms with Gasteiger partial charge in [-0.3, -0.25) is 9.47 Å². The Hall–Kier alpha value is -1.25. The van der Waals surface area contributed by atoms with Gasteiger partial charge in [0, 0.05) is 20.3 Å². The van der Waals surface area contributed by atoms with E-state index in [-0.39, 0.29) is 11.7 Å². The Bertz CT molecular complexity index is 341. The fourth-order valence-electron chi connectivity index (χ4n) is 1.99. The van der Waals surface area contributed by atoms with Crippen LogP contribution in [0.5, 0.6) is 0 Å². The van der Waals surface area contributed by atoms with Crippen LogP contribution in [-0.2, 0) is 4.79 Å². The van der Waals surface area contributed by atoms with E-state index >= 15 is 0 Å². The van der Waals surface area contributed by atoms with E-state index in [1.165, 1.54) is 0 Å². The SMILES string of the molecule is CCCCC(C(C)=O)c1cccn1N(C)C. The van der Waals surface area contributed by atoms with Gasteiger partial charge >= 0.3 is 0 Å². The second-order valence-corrected chi connectivity index (χ2v) is 4.43. The maximum Gasteiger partial charge on any atom is 0.138 e. The minimum absolute atomic E-state index is 0.0392. The van der Waals surface area contributed by atoms with Crippen molar-refractivity contribution < 1.29 is 4.79 Å². The topological polar surface area (TPSA) is 25.2 Å². The zero-order chi connectivity index (χ0) is 12.1. The van der Waals surface area contributed by atoms with Gasteiger partial charge in [-0.15, -0.1) is 0 Å². The molecule has 0 aliphatic heterocycles. The first-order chi connectivity index (χ1) is 7.57. The molecule has 0 bridgehead atoms. The van der Waals surface area contributed by atoms with Crippen LogP contribution >= 0.6 is 0 Å². The smallest absolute Gasteiger partial charge is 0.138 e. The molecular formula is C13H22N2O. The summed E-state index contributed by atoms with van der Waals surface area (Å²) in [6, 6.07) is 4.04. The van der Waals surface area contributed by atoms with Crippen molar-refractivity contribution in [1.82, 2.24) is 4.68 Å². The minimum Gasteiger partial charge on any atom is -0.319 e. The Labute approximate surface area is 98.0 Å². The van der Waals surface area contributed by atoms with Crippen LogP contribution in [0.15, 0.2) is 18.3 Å². The summed E-state index contributed by atoms with van der Waals surface area (Å²) < 4.78 is 2.04. The number of carbonyl (C=O) groups excluding carboxylic acids is 1. The highest BCUT2D eigenvalue weighted by Gasteiger charge is 2.19. The first-order valence-electron chi connectivity index (χ1n) is 5.93. The highest BCUT2D eigenvalue weighted by molar-refractivity contribution is 5.82. The largest absolute Gasteiger partial charge is 0.319 e. The molecule has 3 heteroatoms. The van der Waals surface area contributed by atoms with Crippen molar-refractivity contribution in [2.75, 3.05) is 19.1 Å². The molecule has 0 aliphatic carbocycles. The summed E-state index contributed by atoms with van der Waals surface area (Å²) in [5.74, 6) is 0.299. The Morgan fingerprint density at radius 1 is 1.50 bits per heavy atom. The summed E-state index contributed by atoms with van der Waals surface area (Å²) in [5.41, 5.74) is 1.10. The maximum atomic E-state index is 11.7. The van der Waals surface area contributed by atoms with Crippen molar-refractivity contribution in [1.29, 1.82) is 0 Å². The zero-order valence-electron chi connectivity index (χ0n) is 10.7. The average Bonchev–Trinajstić information content (AvgIpc) is 2.66. The molecule has 1 aromatic rings. The normalized spacial score (nSPS) is 12.5. The standard InChI is InChI=1S/C13H22N2O/c1-5-6-8-12(11(2)16)13-9-7-10-15(13)14(3)4/h7,9-10,12H,5-6,8H2,1-4H3. The number of rotatable bonds is 6. The minimum atomic E-state index is 0.0392. The number of carbonyl (C=O) groups is 1. The second kappa shape index (κ2) is 5.73. The van der Waals surface area contributed by atoms with Crippen molar-refractivity contribution in [2.24, 2.45) is 0 Å². The second-order valence-electron chi connectivity index (χ2n) is 4.43. The summed E-state index contributed by atoms with van der Waals surface area (Å²) in [4.78, 5) is 11.7. The predicted octanol–water partition coefficient (Wildman–Crippen LogP) is 2.55. The molecule has 0 N–H and O–H groups in total. The molecule has 0 spiro atoms. The van der Waals surface area contributed by atoms with Crippen molar-refractivity contribution in [3.63, 3.8) is 0 Å². The fraction of sp³-hybridized carbons (Fsp3) is 0.615. The van der Waals surface area contributed by atoms with Gasteiger partial charge in [-0.2, -0.15) is 0 Å². The Kier molecular flexibility index (Phi) is 4.59. The molecule has 1 aromatic heterocycles. The molecule has 0 amide bonds. The lowest BCUT2D eigenvalue weighted by atomic mass is 9.95. The monoisotopic (exact) mass is 222 g/mol. The number of nitrogens with zero attached hydrogens (tertiary/aromatic N) is 2. The van der Waals surface area contributed by atoms with Crippen LogP contribution < -0.4 is 5.01 Å². The third-order valence-corrected chi connectivity index (χ3v) is 2.88. The summed E-state index contributed by atoms with van der Waals surface area (Å²) in [6.07, 6.45) is 5.18. The molecule has 0 radical (unpaired) electrons. The number of aromatic nitrogens is 1. The van der Waals surface area contributed by atoms with E-state index in [0.717, 1.165) is 25.0 Å². The van der Waals surface area contributed by atoms with Crippen LogP contribution in [0.1, 0.15) is 44.7 Å². The lowest BCUT2D eigenvalue weighted by Crippen LogP contribution is -2.28. The quantitative estimate of drug-likeness (QED) is 0.739. The van der Waals surface area contributed by atoms with E-state index in [0.29, 0.717) is 0 Å². The van der Waals surface area contributed by atoms with Gasteiger partial charge in [0.25, 0.3) is 0 Å². The molecule has 1 unspecified atom stereocenters. The van der Waals surface area contributed by atoms with Crippen LogP contribution in [-0.4, -0.2) is 24.6 Å². The first kappa shape index (κ1) is 12.8. The van der Waals surface area contributed by atoms with Crippen molar-refractivity contribution >= 4 is 5.78 Å². The molecule has 0 aromatic carbocycles. The number of hydrogen-bond donors (Lipinski definition) is 0. The number of Topliss-reactive ketones (excluding diaryl/α,β-unsaturated/α-hetero) is 1. The van der Waals surface area contributed by atoms with E-state index < -0.39 is 0 Å². The Morgan fingerprint density at radius 3 is 2.69 bits per heavy atom. The summed E-state index contributed by atoms with van der Waals surface area (Å²) in [5, 5.41) is 2.00. The fourth-order valence-corrected chi connectivity index (χ4v) is 1.99. The van der Waals surface area contributed by atoms with Gasteiger partial charge in [-0.25, -0.2) is 0 Å². The summed E-state index contributed by atoms with van der Waals surface area (Å²) in [6.45, 7) is 3.84. The zero-order valence-corrected chi connectivity index (χ0v) is 10.7. The Balaban J connectivity index is 2.92. The van der Waals surface area contributed by atoms with E-state index in [4.69, 9.17) is 0 Å². The average molecular weight is 222 g/mol. The van der Waals surface area contributed by atoms with Crippen LogP contribution in [0.25, 0.3) is 0 Å². The molecule has 1 atom stereocenters. The molecule has 3 nitrogen and oxygen atoms in total. The number of hydrogen-bond acceptors (Lipinski definition) is 2. The van der Waals surface area contributed by atoms with Gasteiger partial charge in [0.2, 0.25) is 0 Å². The molecule has 90 valence electrons. The van der Waals surface area contributed by atoms with E-state index in [1.807, 2.05) is 42.1 Å². The molecule has 0 saturated heterocycles. The highest BCUT2D eigenvalue weighted by atomic mass is 16.1. The summed E-state index contributed by atoms with van der Waals surface area (Å²) in [7, 11) is 3.97. The van der Waals surface area contributed by atoms with Gasteiger partial charge in [0.15, 0.2) is 0 Å². The molecule has 1 rings (SSSR count). The molecule has 16 heavy (non-hydrogen) atoms. The van der Waals surface area contributed by atoms with Crippen LogP contribution in [0.3, 0.4) is 0 Å². The third kappa shape index (κ3) is 2.87. The molecule has 0 aliphatic rings. The number of unbranched alkanes of at least 4 members (excludes halogenated alkanes) is 1. The van der Waals surface area contributed by atoms with Gasteiger partial charge in [-0.1, -0.05) is 19.8 Å². The lowest BCUT2D eigenvalue weighted by molar-refractivity contribution is -0.118. The van der Waals surface area contributed by atoms with Crippen LogP contribution in [0, 0.1) is 0 Å². The van der Waals surface area contributed by atoms with Gasteiger partial charge in [0.1, 0.15) is 5.78 Å². The van der Waals surface area contributed by atoms with Gasteiger partial charge in [-0.05, 0) is 25.5 Å². The van der Waals surface area contributed by atoms with E-state index in [2.05, 4.69) is 6.92 Å². The van der Waals surface area contributed by atoms with Crippen molar-refractivity contribution in [3.05, 3.63) is 24.0 Å². The lowest BCUT2D eigenvalue weighted by Gasteiger charge is -2.22. The van der Waals surface area contributed by atoms with Gasteiger partial charge in [0.05, 0.1) is 11.6 Å². The molecule has 0 saturated carbocycles. The van der Waals surface area contributed by atoms with Crippen molar-refractivity contribution in [2.45, 2.75) is 39.0 Å². The van der Waals surface area contributed by atoms with E-state index in [9.17, 15) is 4.79 Å². The highest BCUT2D eigenvalue weighted by Crippen LogP contribution is 2.23. The third-order valence-electron chi connectivity index (χ3n) is 2.88. The van der Waals surface area contributed by atoms with Crippen LogP contribution in [0.4, 0.5) is 0 Å². The maximum absolute atomic E-state index is 11.7. The van der Waals surface area contributed by atoms with Crippen LogP contribution in [0.2, 0.25) is 0 Å². The first-order valence-corrected chi connectivity index (χ1v) is 5.93. The van der Waals surface area contributed by atoms with E-state index in [1.54, 1.807) is 6.92 Å². The predicted molar refractivity (Wildman–Crippen MR) is 67.4 cm³/mol.